The lowest BCUT2D eigenvalue weighted by atomic mass is 10.0. The minimum Gasteiger partial charge on any atom is -0.480 e. The van der Waals surface area contributed by atoms with Crippen molar-refractivity contribution in [3.8, 4) is 17.6 Å². The minimum atomic E-state index is -0.406. The molecule has 8 nitrogen and oxygen atoms in total. The molecule has 0 saturated carbocycles. The fourth-order valence-corrected chi connectivity index (χ4v) is 5.81. The minimum absolute atomic E-state index is 0.0389. The van der Waals surface area contributed by atoms with E-state index in [-0.39, 0.29) is 18.4 Å². The van der Waals surface area contributed by atoms with Crippen molar-refractivity contribution in [3.05, 3.63) is 76.5 Å². The predicted molar refractivity (Wildman–Crippen MR) is 157 cm³/mol. The number of carbonyl (C=O) groups is 2. The van der Waals surface area contributed by atoms with Crippen LogP contribution in [0.2, 0.25) is 6.55 Å². The van der Waals surface area contributed by atoms with Gasteiger partial charge in [0.05, 0.1) is 9.52 Å². The zero-order valence-corrected chi connectivity index (χ0v) is 24.0. The highest BCUT2D eigenvalue weighted by molar-refractivity contribution is 6.52. The number of likely N-dealkylation sites (N-methyl/N-ethyl adjacent to an activating group) is 1. The van der Waals surface area contributed by atoms with Crippen LogP contribution in [0.4, 0.5) is 11.5 Å². The van der Waals surface area contributed by atoms with Gasteiger partial charge in [0.2, 0.25) is 0 Å². The van der Waals surface area contributed by atoms with Crippen molar-refractivity contribution in [2.45, 2.75) is 20.0 Å². The summed E-state index contributed by atoms with van der Waals surface area (Å²) in [7, 11) is 1.77. The van der Waals surface area contributed by atoms with Crippen molar-refractivity contribution in [1.82, 2.24) is 14.8 Å². The smallest absolute Gasteiger partial charge is 0.263 e. The van der Waals surface area contributed by atoms with E-state index in [0.717, 1.165) is 49.5 Å². The van der Waals surface area contributed by atoms with Crippen molar-refractivity contribution in [1.29, 1.82) is 0 Å². The molecule has 1 aromatic heterocycles. The summed E-state index contributed by atoms with van der Waals surface area (Å²) in [6, 6.07) is 13.6. The second kappa shape index (κ2) is 11.8. The van der Waals surface area contributed by atoms with Crippen LogP contribution in [-0.2, 0) is 11.3 Å². The Morgan fingerprint density at radius 1 is 1.13 bits per heavy atom. The topological polar surface area (TPSA) is 86.8 Å². The van der Waals surface area contributed by atoms with Gasteiger partial charge in [0, 0.05) is 67.4 Å². The van der Waals surface area contributed by atoms with E-state index in [1.54, 1.807) is 12.3 Å². The number of nitrogens with zero attached hydrogens (tertiary/aromatic N) is 3. The molecule has 3 aromatic rings. The number of fused-ring (bicyclic) bond motifs is 1. The molecule has 0 radical (unpaired) electrons. The Morgan fingerprint density at radius 3 is 2.74 bits per heavy atom. The lowest BCUT2D eigenvalue weighted by Crippen LogP contribution is -2.44. The number of rotatable bonds is 5. The first-order chi connectivity index (χ1) is 18.9. The second-order valence-electron chi connectivity index (χ2n) is 10.1. The van der Waals surface area contributed by atoms with Gasteiger partial charge >= 0.3 is 0 Å². The first kappa shape index (κ1) is 26.6. The number of piperazine rings is 1. The number of aromatic nitrogens is 1. The highest BCUT2D eigenvalue weighted by Gasteiger charge is 2.18. The van der Waals surface area contributed by atoms with E-state index in [9.17, 15) is 9.59 Å². The Labute approximate surface area is 231 Å². The van der Waals surface area contributed by atoms with E-state index in [1.807, 2.05) is 31.2 Å². The van der Waals surface area contributed by atoms with Gasteiger partial charge in [0.25, 0.3) is 11.8 Å². The number of ether oxygens (including phenoxy) is 1. The van der Waals surface area contributed by atoms with E-state index >= 15 is 0 Å². The van der Waals surface area contributed by atoms with Gasteiger partial charge in [-0.3, -0.25) is 14.5 Å². The zero-order valence-electron chi connectivity index (χ0n) is 22.6. The van der Waals surface area contributed by atoms with Gasteiger partial charge in [0.1, 0.15) is 0 Å². The molecule has 2 aliphatic rings. The highest BCUT2D eigenvalue weighted by Crippen LogP contribution is 2.25. The van der Waals surface area contributed by atoms with E-state index in [0.29, 0.717) is 22.7 Å². The number of hydrogen-bond donors (Lipinski definition) is 2. The standard InChI is InChI=1S/C30H33N5O3Si/c1-20-4-6-23(15-22(20)7-5-21-14-26-29(31-17-21)33-28(36)19-38-26)30(37)32-25-9-8-24(27(16-25)39-3)18-35-12-10-34(2)11-13-35/h4,6,8-9,14-17H,10-13,18-19,39H2,1-3H3,(H,32,37)(H,31,33,36). The Morgan fingerprint density at radius 2 is 1.95 bits per heavy atom. The predicted octanol–water partition coefficient (Wildman–Crippen LogP) is 1.96. The number of aryl methyl sites for hydroxylation is 1. The molecule has 0 unspecified atom stereocenters. The number of pyridine rings is 1. The van der Waals surface area contributed by atoms with Crippen LogP contribution in [0, 0.1) is 18.8 Å². The summed E-state index contributed by atoms with van der Waals surface area (Å²) in [5, 5.41) is 7.15. The summed E-state index contributed by atoms with van der Waals surface area (Å²) in [5.41, 5.74) is 5.15. The number of carbonyl (C=O) groups excluding carboxylic acids is 2. The van der Waals surface area contributed by atoms with E-state index < -0.39 is 9.52 Å². The molecule has 2 N–H and O–H groups in total. The van der Waals surface area contributed by atoms with Gasteiger partial charge in [-0.1, -0.05) is 35.7 Å². The maximum absolute atomic E-state index is 13.1. The third-order valence-electron chi connectivity index (χ3n) is 7.15. The van der Waals surface area contributed by atoms with Crippen molar-refractivity contribution in [3.63, 3.8) is 0 Å². The summed E-state index contributed by atoms with van der Waals surface area (Å²) in [6.45, 7) is 9.58. The summed E-state index contributed by atoms with van der Waals surface area (Å²) >= 11 is 0. The number of benzene rings is 2. The van der Waals surface area contributed by atoms with Crippen LogP contribution >= 0.6 is 0 Å². The fraction of sp³-hybridized carbons (Fsp3) is 0.300. The Balaban J connectivity index is 1.28. The van der Waals surface area contributed by atoms with Gasteiger partial charge in [-0.15, -0.1) is 0 Å². The zero-order chi connectivity index (χ0) is 27.4. The largest absolute Gasteiger partial charge is 0.480 e. The monoisotopic (exact) mass is 539 g/mol. The summed E-state index contributed by atoms with van der Waals surface area (Å²) in [6.07, 6.45) is 1.59. The van der Waals surface area contributed by atoms with E-state index in [1.165, 1.54) is 10.8 Å². The molecule has 3 heterocycles. The summed E-state index contributed by atoms with van der Waals surface area (Å²) in [4.78, 5) is 33.7. The van der Waals surface area contributed by atoms with Crippen LogP contribution in [0.1, 0.15) is 32.6 Å². The number of hydrogen-bond acceptors (Lipinski definition) is 6. The summed E-state index contributed by atoms with van der Waals surface area (Å²) < 4.78 is 5.43. The van der Waals surface area contributed by atoms with Gasteiger partial charge in [-0.05, 0) is 49.4 Å². The van der Waals surface area contributed by atoms with Crippen molar-refractivity contribution >= 4 is 38.0 Å². The average molecular weight is 540 g/mol. The third-order valence-corrected chi connectivity index (χ3v) is 8.57. The number of anilines is 2. The van der Waals surface area contributed by atoms with Gasteiger partial charge in [-0.2, -0.15) is 0 Å². The quantitative estimate of drug-likeness (QED) is 0.381. The molecule has 0 bridgehead atoms. The third kappa shape index (κ3) is 6.54. The molecule has 2 aromatic carbocycles. The second-order valence-corrected chi connectivity index (χ2v) is 11.5. The first-order valence-corrected chi connectivity index (χ1v) is 15.4. The Hall–Kier alpha value is -3.97. The molecule has 39 heavy (non-hydrogen) atoms. The maximum atomic E-state index is 13.1. The number of nitrogens with one attached hydrogen (secondary N) is 2. The van der Waals surface area contributed by atoms with Crippen molar-refractivity contribution < 1.29 is 14.3 Å². The highest BCUT2D eigenvalue weighted by atomic mass is 28.2. The normalized spacial score (nSPS) is 15.7. The molecule has 200 valence electrons. The van der Waals surface area contributed by atoms with E-state index in [2.05, 4.69) is 63.0 Å². The Bertz CT molecular complexity index is 1470. The van der Waals surface area contributed by atoms with E-state index in [4.69, 9.17) is 4.74 Å². The molecule has 2 aliphatic heterocycles. The van der Waals surface area contributed by atoms with Crippen LogP contribution in [0.15, 0.2) is 48.7 Å². The van der Waals surface area contributed by atoms with Crippen LogP contribution in [-0.4, -0.2) is 76.0 Å². The fourth-order valence-electron chi connectivity index (χ4n) is 4.70. The lowest BCUT2D eigenvalue weighted by Gasteiger charge is -2.32. The molecule has 1 saturated heterocycles. The molecule has 0 aliphatic carbocycles. The SMILES string of the molecule is C[SiH2]c1cc(NC(=O)c2ccc(C)c(C#Cc3cnc4c(c3)OCC(=O)N4)c2)ccc1CN1CCN(C)CC1. The van der Waals surface area contributed by atoms with Crippen LogP contribution in [0.3, 0.4) is 0 Å². The average Bonchev–Trinajstić information content (AvgIpc) is 2.94. The van der Waals surface area contributed by atoms with Crippen molar-refractivity contribution in [2.75, 3.05) is 50.5 Å². The first-order valence-electron chi connectivity index (χ1n) is 13.3. The summed E-state index contributed by atoms with van der Waals surface area (Å²) in [5.74, 6) is 6.76. The number of amides is 2. The molecular weight excluding hydrogens is 506 g/mol. The molecule has 9 heteroatoms. The lowest BCUT2D eigenvalue weighted by molar-refractivity contribution is -0.118. The molecule has 2 amide bonds. The van der Waals surface area contributed by atoms with Gasteiger partial charge < -0.3 is 20.3 Å². The van der Waals surface area contributed by atoms with Crippen LogP contribution in [0.5, 0.6) is 5.75 Å². The Kier molecular flexibility index (Phi) is 8.07. The molecule has 1 fully saturated rings. The molecule has 5 rings (SSSR count). The molecule has 0 atom stereocenters. The molecule has 0 spiro atoms. The van der Waals surface area contributed by atoms with Gasteiger partial charge in [0.15, 0.2) is 18.2 Å². The van der Waals surface area contributed by atoms with Crippen LogP contribution in [0.25, 0.3) is 0 Å². The van der Waals surface area contributed by atoms with Crippen molar-refractivity contribution in [2.24, 2.45) is 0 Å². The van der Waals surface area contributed by atoms with Crippen LogP contribution < -0.4 is 20.6 Å². The van der Waals surface area contributed by atoms with Gasteiger partial charge in [-0.25, -0.2) is 4.98 Å². The molecular formula is C30H33N5O3Si. The maximum Gasteiger partial charge on any atom is 0.263 e.